The van der Waals surface area contributed by atoms with Crippen molar-refractivity contribution in [3.05, 3.63) is 0 Å². The Morgan fingerprint density at radius 2 is 0.862 bits per heavy atom. The average Bonchev–Trinajstić information content (AvgIpc) is 3.18. The van der Waals surface area contributed by atoms with E-state index in [-0.39, 0.29) is 0 Å². The highest BCUT2D eigenvalue weighted by atomic mass is 32.2. The van der Waals surface area contributed by atoms with Gasteiger partial charge in [-0.3, -0.25) is 0 Å². The van der Waals surface area contributed by atoms with E-state index in [1.807, 2.05) is 11.9 Å². The third-order valence-electron chi connectivity index (χ3n) is 5.71. The molecule has 0 unspecified atom stereocenters. The predicted octanol–water partition coefficient (Wildman–Crippen LogP) is 1.11. The van der Waals surface area contributed by atoms with Crippen LogP contribution in [0, 0.1) is 0 Å². The lowest BCUT2D eigenvalue weighted by Crippen LogP contribution is -2.37. The maximum Gasteiger partial charge on any atom is 0.152 e. The van der Waals surface area contributed by atoms with E-state index in [2.05, 4.69) is 35.8 Å². The molecular weight excluding hydrogens is 388 g/mol. The molecule has 0 radical (unpaired) electrons. The monoisotopic (exact) mass is 434 g/mol. The molecule has 0 atom stereocenters. The minimum atomic E-state index is -2.66. The van der Waals surface area contributed by atoms with Crippen molar-refractivity contribution in [2.24, 2.45) is 0 Å². The molecule has 0 spiro atoms. The van der Waals surface area contributed by atoms with Gasteiger partial charge in [-0.2, -0.15) is 0 Å². The minimum Gasteiger partial charge on any atom is -0.379 e. The largest absolute Gasteiger partial charge is 0.379 e. The predicted molar refractivity (Wildman–Crippen MR) is 123 cm³/mol. The first-order valence-corrected chi connectivity index (χ1v) is 13.1. The summed E-state index contributed by atoms with van der Waals surface area (Å²) < 4.78 is 26.6. The molecule has 4 aliphatic heterocycles. The summed E-state index contributed by atoms with van der Waals surface area (Å²) in [6.07, 6.45) is 7.10. The van der Waals surface area contributed by atoms with E-state index in [1.54, 1.807) is 0 Å². The highest BCUT2D eigenvalue weighted by Gasteiger charge is 2.18. The van der Waals surface area contributed by atoms with Gasteiger partial charge in [0.1, 0.15) is 0 Å². The zero-order valence-electron chi connectivity index (χ0n) is 19.4. The van der Waals surface area contributed by atoms with Gasteiger partial charge in [-0.15, -0.1) is 0 Å². The van der Waals surface area contributed by atoms with Crippen molar-refractivity contribution >= 4 is 9.84 Å². The number of likely N-dealkylation sites (N-methyl/N-ethyl adjacent to an activating group) is 1. The average molecular weight is 435 g/mol. The van der Waals surface area contributed by atoms with E-state index in [1.165, 1.54) is 58.3 Å². The maximum absolute atomic E-state index is 10.8. The Hall–Kier alpha value is -0.250. The molecule has 0 saturated carbocycles. The molecule has 0 aromatic carbocycles. The summed E-state index contributed by atoms with van der Waals surface area (Å²) in [5.41, 5.74) is 0. The van der Waals surface area contributed by atoms with E-state index >= 15 is 0 Å². The number of hydrogen-bond acceptors (Lipinski definition) is 7. The number of nitrogens with zero attached hydrogens (tertiary/aromatic N) is 4. The summed E-state index contributed by atoms with van der Waals surface area (Å²) in [6.45, 7) is 10.7. The van der Waals surface area contributed by atoms with Gasteiger partial charge >= 0.3 is 0 Å². The normalized spacial score (nSPS) is 26.2. The molecule has 0 aliphatic carbocycles. The van der Waals surface area contributed by atoms with Gasteiger partial charge in [0, 0.05) is 26.2 Å². The molecule has 174 valence electrons. The van der Waals surface area contributed by atoms with Crippen molar-refractivity contribution in [2.75, 3.05) is 105 Å². The number of morpholine rings is 1. The zero-order chi connectivity index (χ0) is 21.5. The van der Waals surface area contributed by atoms with Gasteiger partial charge in [0.2, 0.25) is 0 Å². The van der Waals surface area contributed by atoms with Gasteiger partial charge in [0.25, 0.3) is 0 Å². The molecule has 29 heavy (non-hydrogen) atoms. The van der Waals surface area contributed by atoms with E-state index < -0.39 is 9.84 Å². The van der Waals surface area contributed by atoms with E-state index in [0.29, 0.717) is 24.6 Å². The second-order valence-electron chi connectivity index (χ2n) is 8.75. The molecule has 0 N–H and O–H groups in total. The summed E-state index contributed by atoms with van der Waals surface area (Å²) in [5, 5.41) is 0. The van der Waals surface area contributed by atoms with Crippen LogP contribution in [-0.2, 0) is 14.6 Å². The molecule has 4 rings (SSSR count). The fourth-order valence-electron chi connectivity index (χ4n) is 3.39. The number of rotatable bonds is 0. The number of sulfone groups is 1. The highest BCUT2D eigenvalue weighted by molar-refractivity contribution is 7.91. The fraction of sp³-hybridized carbons (Fsp3) is 1.00. The zero-order valence-corrected chi connectivity index (χ0v) is 20.3. The third kappa shape index (κ3) is 15.2. The first-order chi connectivity index (χ1) is 13.8. The van der Waals surface area contributed by atoms with Crippen molar-refractivity contribution in [3.63, 3.8) is 0 Å². The molecular formula is C21H46N4O3S. The van der Waals surface area contributed by atoms with Crippen LogP contribution in [0.5, 0.6) is 0 Å². The first kappa shape index (κ1) is 26.8. The fourth-order valence-corrected chi connectivity index (χ4v) is 4.77. The van der Waals surface area contributed by atoms with Crippen LogP contribution in [0.4, 0.5) is 0 Å². The van der Waals surface area contributed by atoms with Crippen LogP contribution in [0.2, 0.25) is 0 Å². The third-order valence-corrected chi connectivity index (χ3v) is 7.32. The number of piperidine rings is 1. The van der Waals surface area contributed by atoms with Crippen LogP contribution in [0.25, 0.3) is 0 Å². The summed E-state index contributed by atoms with van der Waals surface area (Å²) in [7, 11) is 5.76. The summed E-state index contributed by atoms with van der Waals surface area (Å²) in [5.74, 6) is 0.674. The second kappa shape index (κ2) is 15.5. The topological polar surface area (TPSA) is 56.3 Å². The van der Waals surface area contributed by atoms with Gasteiger partial charge in [0.05, 0.1) is 24.7 Å². The van der Waals surface area contributed by atoms with Crippen molar-refractivity contribution in [1.29, 1.82) is 0 Å². The van der Waals surface area contributed by atoms with Crippen LogP contribution >= 0.6 is 0 Å². The lowest BCUT2D eigenvalue weighted by Gasteiger charge is -2.21. The van der Waals surface area contributed by atoms with Crippen molar-refractivity contribution < 1.29 is 13.2 Å². The van der Waals surface area contributed by atoms with Crippen LogP contribution < -0.4 is 0 Å². The van der Waals surface area contributed by atoms with E-state index in [0.717, 1.165) is 26.3 Å². The van der Waals surface area contributed by atoms with Crippen molar-refractivity contribution in [2.45, 2.75) is 32.1 Å². The Morgan fingerprint density at radius 1 is 0.517 bits per heavy atom. The first-order valence-electron chi connectivity index (χ1n) is 11.3. The van der Waals surface area contributed by atoms with Gasteiger partial charge in [-0.1, -0.05) is 6.42 Å². The van der Waals surface area contributed by atoms with Gasteiger partial charge < -0.3 is 24.3 Å². The summed E-state index contributed by atoms with van der Waals surface area (Å²) in [6, 6.07) is 0. The molecule has 7 nitrogen and oxygen atoms in total. The molecule has 4 heterocycles. The van der Waals surface area contributed by atoms with Gasteiger partial charge in [0.15, 0.2) is 9.84 Å². The quantitative estimate of drug-likeness (QED) is 0.566. The minimum absolute atomic E-state index is 0.337. The number of likely N-dealkylation sites (tertiary alicyclic amines) is 2. The lowest BCUT2D eigenvalue weighted by atomic mass is 10.1. The molecule has 0 aromatic heterocycles. The van der Waals surface area contributed by atoms with Crippen molar-refractivity contribution in [3.8, 4) is 0 Å². The molecule has 0 aromatic rings. The molecule has 0 amide bonds. The highest BCUT2D eigenvalue weighted by Crippen LogP contribution is 2.04. The molecule has 0 bridgehead atoms. The summed E-state index contributed by atoms with van der Waals surface area (Å²) >= 11 is 0. The van der Waals surface area contributed by atoms with Gasteiger partial charge in [-0.05, 0) is 80.1 Å². The van der Waals surface area contributed by atoms with Crippen LogP contribution in [0.1, 0.15) is 32.1 Å². The van der Waals surface area contributed by atoms with E-state index in [4.69, 9.17) is 4.74 Å². The molecule has 4 saturated heterocycles. The summed E-state index contributed by atoms with van der Waals surface area (Å²) in [4.78, 5) is 9.05. The molecule has 8 heteroatoms. The Labute approximate surface area is 180 Å². The lowest BCUT2D eigenvalue weighted by molar-refractivity contribution is 0.0503. The van der Waals surface area contributed by atoms with Crippen molar-refractivity contribution in [1.82, 2.24) is 19.6 Å². The second-order valence-corrected chi connectivity index (χ2v) is 11.0. The number of ether oxygens (including phenoxy) is 1. The van der Waals surface area contributed by atoms with Crippen LogP contribution in [0.3, 0.4) is 0 Å². The molecule has 4 fully saturated rings. The Balaban J connectivity index is 0.000000195. The molecule has 4 aliphatic rings. The Kier molecular flexibility index (Phi) is 14.3. The smallest absolute Gasteiger partial charge is 0.152 e. The standard InChI is InChI=1S/C6H13N.C5H11NO2S.C5H11NO.C5H11N/c1-7-5-3-2-4-6-7;1-6-2-4-9(7,8)5-3-6;1-6-2-4-7-5-3-6;1-6-4-2-3-5-6/h2-6H2,1H3;2-5H2,1H3;2-5H2,1H3;2-5H2,1H3. The van der Waals surface area contributed by atoms with Gasteiger partial charge in [-0.25, -0.2) is 8.42 Å². The SMILES string of the molecule is CN1CCCC1.CN1CCCCC1.CN1CCOCC1.CN1CCS(=O)(=O)CC1. The van der Waals surface area contributed by atoms with Crippen LogP contribution in [0.15, 0.2) is 0 Å². The number of hydrogen-bond donors (Lipinski definition) is 0. The van der Waals surface area contributed by atoms with Crippen LogP contribution in [-0.4, -0.2) is 133 Å². The Morgan fingerprint density at radius 3 is 1.10 bits per heavy atom. The maximum atomic E-state index is 10.8. The van der Waals surface area contributed by atoms with E-state index in [9.17, 15) is 8.42 Å². The Bertz CT molecular complexity index is 456.